The molecule has 0 spiro atoms. The van der Waals surface area contributed by atoms with Crippen LogP contribution in [0.4, 0.5) is 0 Å². The van der Waals surface area contributed by atoms with Crippen LogP contribution in [-0.2, 0) is 4.79 Å². The maximum atomic E-state index is 11.7. The van der Waals surface area contributed by atoms with E-state index in [0.717, 1.165) is 10.0 Å². The summed E-state index contributed by atoms with van der Waals surface area (Å²) >= 11 is 9.10. The van der Waals surface area contributed by atoms with Crippen LogP contribution in [0.25, 0.3) is 0 Å². The third-order valence-corrected chi connectivity index (χ3v) is 3.59. The van der Waals surface area contributed by atoms with E-state index in [1.807, 2.05) is 38.1 Å². The Morgan fingerprint density at radius 3 is 2.62 bits per heavy atom. The van der Waals surface area contributed by atoms with Gasteiger partial charge in [0, 0.05) is 16.3 Å². The molecule has 0 aromatic heterocycles. The molecule has 0 saturated carbocycles. The molecule has 2 atom stereocenters. The van der Waals surface area contributed by atoms with Gasteiger partial charge in [0.05, 0.1) is 6.04 Å². The van der Waals surface area contributed by atoms with Crippen LogP contribution >= 0.6 is 27.5 Å². The monoisotopic (exact) mass is 303 g/mol. The van der Waals surface area contributed by atoms with Gasteiger partial charge in [0.1, 0.15) is 0 Å². The smallest absolute Gasteiger partial charge is 0.224 e. The number of hydrogen-bond donors (Lipinski definition) is 1. The number of halogens is 2. The van der Waals surface area contributed by atoms with E-state index in [-0.39, 0.29) is 17.9 Å². The predicted octanol–water partition coefficient (Wildman–Crippen LogP) is 3.50. The molecule has 1 amide bonds. The molecule has 2 nitrogen and oxygen atoms in total. The Labute approximate surface area is 110 Å². The molecule has 0 saturated heterocycles. The standard InChI is InChI=1S/C12H15BrClNO/c1-8(7-14)12(16)15-9(2)10-5-3-4-6-11(10)13/h3-6,8-9H,7H2,1-2H3,(H,15,16). The Kier molecular flexibility index (Phi) is 5.29. The highest BCUT2D eigenvalue weighted by Crippen LogP contribution is 2.22. The lowest BCUT2D eigenvalue weighted by molar-refractivity contribution is -0.124. The average Bonchev–Trinajstić information content (AvgIpc) is 2.28. The van der Waals surface area contributed by atoms with Gasteiger partial charge in [0.25, 0.3) is 0 Å². The Morgan fingerprint density at radius 1 is 1.44 bits per heavy atom. The van der Waals surface area contributed by atoms with Crippen LogP contribution in [0.1, 0.15) is 25.5 Å². The molecule has 0 radical (unpaired) electrons. The zero-order valence-electron chi connectivity index (χ0n) is 9.34. The maximum Gasteiger partial charge on any atom is 0.224 e. The molecule has 2 unspecified atom stereocenters. The van der Waals surface area contributed by atoms with E-state index in [4.69, 9.17) is 11.6 Å². The predicted molar refractivity (Wildman–Crippen MR) is 70.6 cm³/mol. The molecule has 0 heterocycles. The van der Waals surface area contributed by atoms with Crippen molar-refractivity contribution in [3.63, 3.8) is 0 Å². The van der Waals surface area contributed by atoms with Gasteiger partial charge in [-0.05, 0) is 18.6 Å². The molecule has 88 valence electrons. The van der Waals surface area contributed by atoms with E-state index in [0.29, 0.717) is 5.88 Å². The fourth-order valence-electron chi connectivity index (χ4n) is 1.33. The first kappa shape index (κ1) is 13.5. The second-order valence-electron chi connectivity index (χ2n) is 3.81. The third-order valence-electron chi connectivity index (χ3n) is 2.41. The quantitative estimate of drug-likeness (QED) is 0.848. The van der Waals surface area contributed by atoms with Crippen LogP contribution in [0.3, 0.4) is 0 Å². The van der Waals surface area contributed by atoms with Gasteiger partial charge in [-0.2, -0.15) is 0 Å². The number of rotatable bonds is 4. The number of carbonyl (C=O) groups excluding carboxylic acids is 1. The maximum absolute atomic E-state index is 11.7. The van der Waals surface area contributed by atoms with Crippen LogP contribution in [-0.4, -0.2) is 11.8 Å². The van der Waals surface area contributed by atoms with Gasteiger partial charge in [0.15, 0.2) is 0 Å². The summed E-state index contributed by atoms with van der Waals surface area (Å²) in [5.41, 5.74) is 1.07. The molecule has 0 aliphatic carbocycles. The summed E-state index contributed by atoms with van der Waals surface area (Å²) in [5.74, 6) is 0.166. The first-order valence-corrected chi connectivity index (χ1v) is 6.49. The molecule has 1 aromatic rings. The minimum atomic E-state index is -0.161. The summed E-state index contributed by atoms with van der Waals surface area (Å²) in [4.78, 5) is 11.7. The summed E-state index contributed by atoms with van der Waals surface area (Å²) in [6.07, 6.45) is 0. The molecule has 0 aliphatic rings. The molecule has 1 rings (SSSR count). The van der Waals surface area contributed by atoms with Crippen molar-refractivity contribution in [2.24, 2.45) is 5.92 Å². The van der Waals surface area contributed by atoms with Crippen molar-refractivity contribution < 1.29 is 4.79 Å². The molecule has 4 heteroatoms. The van der Waals surface area contributed by atoms with Gasteiger partial charge >= 0.3 is 0 Å². The molecule has 16 heavy (non-hydrogen) atoms. The molecule has 0 fully saturated rings. The zero-order valence-corrected chi connectivity index (χ0v) is 11.7. The van der Waals surface area contributed by atoms with E-state index >= 15 is 0 Å². The summed E-state index contributed by atoms with van der Waals surface area (Å²) in [7, 11) is 0. The Balaban J connectivity index is 2.69. The number of nitrogens with one attached hydrogen (secondary N) is 1. The van der Waals surface area contributed by atoms with Crippen LogP contribution in [0.15, 0.2) is 28.7 Å². The van der Waals surface area contributed by atoms with E-state index in [1.54, 1.807) is 0 Å². The molecule has 0 aliphatic heterocycles. The number of carbonyl (C=O) groups is 1. The first-order chi connectivity index (χ1) is 7.56. The highest BCUT2D eigenvalue weighted by atomic mass is 79.9. The van der Waals surface area contributed by atoms with Crippen molar-refractivity contribution in [2.45, 2.75) is 19.9 Å². The van der Waals surface area contributed by atoms with Crippen LogP contribution in [0.5, 0.6) is 0 Å². The minimum Gasteiger partial charge on any atom is -0.349 e. The van der Waals surface area contributed by atoms with Crippen molar-refractivity contribution in [3.05, 3.63) is 34.3 Å². The van der Waals surface area contributed by atoms with Crippen LogP contribution in [0.2, 0.25) is 0 Å². The summed E-state index contributed by atoms with van der Waals surface area (Å²) < 4.78 is 1.00. The van der Waals surface area contributed by atoms with Gasteiger partial charge < -0.3 is 5.32 Å². The zero-order chi connectivity index (χ0) is 12.1. The highest BCUT2D eigenvalue weighted by Gasteiger charge is 2.16. The lowest BCUT2D eigenvalue weighted by Crippen LogP contribution is -2.32. The van der Waals surface area contributed by atoms with E-state index in [2.05, 4.69) is 21.2 Å². The number of benzene rings is 1. The van der Waals surface area contributed by atoms with Crippen molar-refractivity contribution >= 4 is 33.4 Å². The Bertz CT molecular complexity index is 370. The topological polar surface area (TPSA) is 29.1 Å². The van der Waals surface area contributed by atoms with Crippen LogP contribution < -0.4 is 5.32 Å². The highest BCUT2D eigenvalue weighted by molar-refractivity contribution is 9.10. The number of alkyl halides is 1. The molecule has 1 aromatic carbocycles. The van der Waals surface area contributed by atoms with Crippen molar-refractivity contribution in [3.8, 4) is 0 Å². The van der Waals surface area contributed by atoms with Gasteiger partial charge in [-0.25, -0.2) is 0 Å². The first-order valence-electron chi connectivity index (χ1n) is 5.17. The van der Waals surface area contributed by atoms with Gasteiger partial charge in [-0.3, -0.25) is 4.79 Å². The second kappa shape index (κ2) is 6.26. The van der Waals surface area contributed by atoms with Crippen LogP contribution in [0, 0.1) is 5.92 Å². The molecule has 1 N–H and O–H groups in total. The van der Waals surface area contributed by atoms with E-state index in [1.165, 1.54) is 0 Å². The Hall–Kier alpha value is -0.540. The average molecular weight is 305 g/mol. The SMILES string of the molecule is CC(CCl)C(=O)NC(C)c1ccccc1Br. The summed E-state index contributed by atoms with van der Waals surface area (Å²) in [6, 6.07) is 7.83. The summed E-state index contributed by atoms with van der Waals surface area (Å²) in [6.45, 7) is 3.77. The van der Waals surface area contributed by atoms with Crippen molar-refractivity contribution in [2.75, 3.05) is 5.88 Å². The fourth-order valence-corrected chi connectivity index (χ4v) is 2.10. The van der Waals surface area contributed by atoms with E-state index < -0.39 is 0 Å². The van der Waals surface area contributed by atoms with Crippen molar-refractivity contribution in [1.82, 2.24) is 5.32 Å². The number of amides is 1. The minimum absolute atomic E-state index is 0.0155. The number of hydrogen-bond acceptors (Lipinski definition) is 1. The lowest BCUT2D eigenvalue weighted by atomic mass is 10.1. The van der Waals surface area contributed by atoms with E-state index in [9.17, 15) is 4.79 Å². The largest absolute Gasteiger partial charge is 0.349 e. The second-order valence-corrected chi connectivity index (χ2v) is 4.97. The fraction of sp³-hybridized carbons (Fsp3) is 0.417. The van der Waals surface area contributed by atoms with Gasteiger partial charge in [-0.15, -0.1) is 11.6 Å². The molecule has 0 bridgehead atoms. The lowest BCUT2D eigenvalue weighted by Gasteiger charge is -2.17. The molecular weight excluding hydrogens is 289 g/mol. The third kappa shape index (κ3) is 3.49. The summed E-state index contributed by atoms with van der Waals surface area (Å²) in [5, 5.41) is 2.93. The normalized spacial score (nSPS) is 14.2. The molecular formula is C12H15BrClNO. The van der Waals surface area contributed by atoms with Gasteiger partial charge in [-0.1, -0.05) is 41.1 Å². The van der Waals surface area contributed by atoms with Crippen molar-refractivity contribution in [1.29, 1.82) is 0 Å². The van der Waals surface area contributed by atoms with Gasteiger partial charge in [0.2, 0.25) is 5.91 Å². The Morgan fingerprint density at radius 2 is 2.06 bits per heavy atom.